The van der Waals surface area contributed by atoms with Crippen LogP contribution in [0, 0.1) is 17.2 Å². The third kappa shape index (κ3) is 4.14. The van der Waals surface area contributed by atoms with Gasteiger partial charge in [-0.1, -0.05) is 6.92 Å². The van der Waals surface area contributed by atoms with Crippen molar-refractivity contribution < 1.29 is 4.79 Å². The first-order chi connectivity index (χ1) is 6.17. The summed E-state index contributed by atoms with van der Waals surface area (Å²) >= 11 is 5.57. The maximum atomic E-state index is 11.5. The third-order valence-corrected chi connectivity index (χ3v) is 2.30. The van der Waals surface area contributed by atoms with Gasteiger partial charge in [0.1, 0.15) is 0 Å². The van der Waals surface area contributed by atoms with Crippen molar-refractivity contribution in [1.82, 2.24) is 4.90 Å². The largest absolute Gasteiger partial charge is 0.342 e. The van der Waals surface area contributed by atoms with Crippen LogP contribution >= 0.6 is 11.6 Å². The highest BCUT2D eigenvalue weighted by molar-refractivity contribution is 6.19. The van der Waals surface area contributed by atoms with Crippen LogP contribution in [0.2, 0.25) is 0 Å². The van der Waals surface area contributed by atoms with Crippen molar-refractivity contribution in [3.05, 3.63) is 0 Å². The number of rotatable bonds is 5. The Labute approximate surface area is 84.3 Å². The van der Waals surface area contributed by atoms with E-state index in [9.17, 15) is 4.79 Å². The first kappa shape index (κ1) is 12.2. The summed E-state index contributed by atoms with van der Waals surface area (Å²) in [6.45, 7) is 4.84. The Kier molecular flexibility index (Phi) is 6.34. The third-order valence-electron chi connectivity index (χ3n) is 1.84. The second kappa shape index (κ2) is 6.73. The topological polar surface area (TPSA) is 44.1 Å². The van der Waals surface area contributed by atoms with E-state index in [1.165, 1.54) is 0 Å². The van der Waals surface area contributed by atoms with Gasteiger partial charge in [-0.25, -0.2) is 0 Å². The molecule has 0 N–H and O–H groups in total. The lowest BCUT2D eigenvalue weighted by atomic mass is 10.2. The summed E-state index contributed by atoms with van der Waals surface area (Å²) in [4.78, 5) is 13.2. The Morgan fingerprint density at radius 3 is 2.69 bits per heavy atom. The normalized spacial score (nSPS) is 11.8. The minimum Gasteiger partial charge on any atom is -0.342 e. The maximum Gasteiger partial charge on any atom is 0.226 e. The van der Waals surface area contributed by atoms with Crippen molar-refractivity contribution in [1.29, 1.82) is 5.26 Å². The van der Waals surface area contributed by atoms with Crippen LogP contribution in [0.15, 0.2) is 0 Å². The molecule has 13 heavy (non-hydrogen) atoms. The van der Waals surface area contributed by atoms with Gasteiger partial charge in [-0.3, -0.25) is 4.79 Å². The van der Waals surface area contributed by atoms with E-state index in [4.69, 9.17) is 16.9 Å². The number of alkyl halides is 1. The SMILES string of the molecule is CCN(CCC#N)C(=O)C(C)CCl. The molecule has 0 heterocycles. The van der Waals surface area contributed by atoms with Crippen molar-refractivity contribution in [3.63, 3.8) is 0 Å². The molecule has 0 rings (SSSR count). The zero-order chi connectivity index (χ0) is 10.3. The molecular formula is C9H15ClN2O. The van der Waals surface area contributed by atoms with Gasteiger partial charge in [0.05, 0.1) is 12.5 Å². The Morgan fingerprint density at radius 2 is 2.31 bits per heavy atom. The van der Waals surface area contributed by atoms with Gasteiger partial charge in [0.2, 0.25) is 5.91 Å². The highest BCUT2D eigenvalue weighted by Gasteiger charge is 2.17. The average Bonchev–Trinajstić information content (AvgIpc) is 2.17. The van der Waals surface area contributed by atoms with Crippen LogP contribution in [-0.2, 0) is 4.79 Å². The van der Waals surface area contributed by atoms with E-state index in [2.05, 4.69) is 0 Å². The summed E-state index contributed by atoms with van der Waals surface area (Å²) in [6, 6.07) is 2.02. The molecule has 0 aromatic rings. The van der Waals surface area contributed by atoms with Gasteiger partial charge < -0.3 is 4.90 Å². The molecule has 0 saturated heterocycles. The van der Waals surface area contributed by atoms with Crippen molar-refractivity contribution in [3.8, 4) is 6.07 Å². The number of carbonyl (C=O) groups is 1. The summed E-state index contributed by atoms with van der Waals surface area (Å²) in [6.07, 6.45) is 0.384. The zero-order valence-corrected chi connectivity index (χ0v) is 8.84. The maximum absolute atomic E-state index is 11.5. The van der Waals surface area contributed by atoms with Gasteiger partial charge in [-0.05, 0) is 6.92 Å². The average molecular weight is 203 g/mol. The molecule has 0 aromatic carbocycles. The summed E-state index contributed by atoms with van der Waals surface area (Å²) < 4.78 is 0. The van der Waals surface area contributed by atoms with Crippen LogP contribution in [0.25, 0.3) is 0 Å². The van der Waals surface area contributed by atoms with Gasteiger partial charge in [-0.15, -0.1) is 11.6 Å². The van der Waals surface area contributed by atoms with Crippen molar-refractivity contribution >= 4 is 17.5 Å². The van der Waals surface area contributed by atoms with Crippen molar-refractivity contribution in [2.45, 2.75) is 20.3 Å². The van der Waals surface area contributed by atoms with E-state index in [-0.39, 0.29) is 11.8 Å². The van der Waals surface area contributed by atoms with Crippen molar-refractivity contribution in [2.75, 3.05) is 19.0 Å². The fraction of sp³-hybridized carbons (Fsp3) is 0.778. The molecule has 0 radical (unpaired) electrons. The second-order valence-corrected chi connectivity index (χ2v) is 3.19. The molecule has 3 nitrogen and oxygen atoms in total. The van der Waals surface area contributed by atoms with Crippen LogP contribution in [0.1, 0.15) is 20.3 Å². The molecule has 74 valence electrons. The minimum absolute atomic E-state index is 0.0350. The predicted octanol–water partition coefficient (Wildman–Crippen LogP) is 1.62. The van der Waals surface area contributed by atoms with Crippen LogP contribution in [0.4, 0.5) is 0 Å². The molecule has 0 aliphatic rings. The lowest BCUT2D eigenvalue weighted by Gasteiger charge is -2.22. The van der Waals surface area contributed by atoms with Crippen molar-refractivity contribution in [2.24, 2.45) is 5.92 Å². The van der Waals surface area contributed by atoms with Gasteiger partial charge in [0, 0.05) is 24.9 Å². The van der Waals surface area contributed by atoms with Crippen LogP contribution < -0.4 is 0 Å². The fourth-order valence-electron chi connectivity index (χ4n) is 0.987. The molecule has 1 amide bonds. The molecule has 0 aliphatic heterocycles. The fourth-order valence-corrected chi connectivity index (χ4v) is 1.12. The number of halogens is 1. The molecule has 0 fully saturated rings. The molecule has 1 atom stereocenters. The van der Waals surface area contributed by atoms with Gasteiger partial charge in [0.15, 0.2) is 0 Å². The summed E-state index contributed by atoms with van der Waals surface area (Å²) in [7, 11) is 0. The number of hydrogen-bond donors (Lipinski definition) is 0. The van der Waals surface area contributed by atoms with Gasteiger partial charge in [0.25, 0.3) is 0 Å². The quantitative estimate of drug-likeness (QED) is 0.636. The lowest BCUT2D eigenvalue weighted by molar-refractivity contribution is -0.134. The molecule has 0 bridgehead atoms. The Morgan fingerprint density at radius 1 is 1.69 bits per heavy atom. The molecule has 0 saturated carbocycles. The Hall–Kier alpha value is -0.750. The van der Waals surface area contributed by atoms with E-state index in [0.29, 0.717) is 25.4 Å². The van der Waals surface area contributed by atoms with Gasteiger partial charge in [-0.2, -0.15) is 5.26 Å². The number of hydrogen-bond acceptors (Lipinski definition) is 2. The first-order valence-corrected chi connectivity index (χ1v) is 4.92. The van der Waals surface area contributed by atoms with Gasteiger partial charge >= 0.3 is 0 Å². The molecule has 4 heteroatoms. The Bertz CT molecular complexity index is 200. The predicted molar refractivity (Wildman–Crippen MR) is 52.4 cm³/mol. The number of carbonyl (C=O) groups excluding carboxylic acids is 1. The smallest absolute Gasteiger partial charge is 0.226 e. The van der Waals surface area contributed by atoms with E-state index in [0.717, 1.165) is 0 Å². The van der Waals surface area contributed by atoms with Crippen LogP contribution in [-0.4, -0.2) is 29.8 Å². The molecule has 1 unspecified atom stereocenters. The highest BCUT2D eigenvalue weighted by atomic mass is 35.5. The number of amides is 1. The molecule has 0 aliphatic carbocycles. The molecular weight excluding hydrogens is 188 g/mol. The second-order valence-electron chi connectivity index (χ2n) is 2.88. The monoisotopic (exact) mass is 202 g/mol. The van der Waals surface area contributed by atoms with Crippen LogP contribution in [0.3, 0.4) is 0 Å². The van der Waals surface area contributed by atoms with E-state index >= 15 is 0 Å². The minimum atomic E-state index is -0.152. The first-order valence-electron chi connectivity index (χ1n) is 4.39. The van der Waals surface area contributed by atoms with E-state index in [1.807, 2.05) is 13.0 Å². The molecule has 0 spiro atoms. The summed E-state index contributed by atoms with van der Waals surface area (Å²) in [5.74, 6) is 0.218. The van der Waals surface area contributed by atoms with Crippen LogP contribution in [0.5, 0.6) is 0 Å². The number of nitriles is 1. The lowest BCUT2D eigenvalue weighted by Crippen LogP contribution is -2.36. The Balaban J connectivity index is 4.08. The standard InChI is InChI=1S/C9H15ClN2O/c1-3-12(6-4-5-11)9(13)8(2)7-10/h8H,3-4,6-7H2,1-2H3. The zero-order valence-electron chi connectivity index (χ0n) is 8.09. The number of nitrogens with zero attached hydrogens (tertiary/aromatic N) is 2. The highest BCUT2D eigenvalue weighted by Crippen LogP contribution is 2.04. The van der Waals surface area contributed by atoms with E-state index in [1.54, 1.807) is 11.8 Å². The summed E-state index contributed by atoms with van der Waals surface area (Å²) in [5.41, 5.74) is 0. The van der Waals surface area contributed by atoms with E-state index < -0.39 is 0 Å². The summed E-state index contributed by atoms with van der Waals surface area (Å²) in [5, 5.41) is 8.37. The molecule has 0 aromatic heterocycles.